The molecule has 0 unspecified atom stereocenters. The maximum absolute atomic E-state index is 12.3. The van der Waals surface area contributed by atoms with E-state index in [1.807, 2.05) is 38.6 Å². The molecule has 1 saturated heterocycles. The van der Waals surface area contributed by atoms with Crippen molar-refractivity contribution in [1.29, 1.82) is 0 Å². The molecule has 0 saturated carbocycles. The molecule has 0 aromatic carbocycles. The minimum absolute atomic E-state index is 0.139. The first kappa shape index (κ1) is 14.0. The van der Waals surface area contributed by atoms with Gasteiger partial charge in [-0.2, -0.15) is 5.10 Å². The molecule has 1 fully saturated rings. The Morgan fingerprint density at radius 1 is 1.63 bits per heavy atom. The number of carbonyl (C=O) groups excluding carboxylic acids is 1. The summed E-state index contributed by atoms with van der Waals surface area (Å²) in [6, 6.07) is 1.87. The summed E-state index contributed by atoms with van der Waals surface area (Å²) in [5.41, 5.74) is 0.223. The third-order valence-electron chi connectivity index (χ3n) is 3.47. The van der Waals surface area contributed by atoms with Crippen molar-refractivity contribution < 1.29 is 9.53 Å². The Kier molecular flexibility index (Phi) is 3.91. The van der Waals surface area contributed by atoms with E-state index in [0.29, 0.717) is 19.0 Å². The number of carbonyl (C=O) groups is 1. The highest BCUT2D eigenvalue weighted by atomic mass is 16.5. The summed E-state index contributed by atoms with van der Waals surface area (Å²) < 4.78 is 7.50. The first-order chi connectivity index (χ1) is 8.94. The second kappa shape index (κ2) is 5.30. The zero-order valence-electron chi connectivity index (χ0n) is 12.1. The van der Waals surface area contributed by atoms with Crippen LogP contribution in [-0.2, 0) is 16.1 Å². The number of aryl methyl sites for hydroxylation is 2. The van der Waals surface area contributed by atoms with Crippen LogP contribution in [0.3, 0.4) is 0 Å². The van der Waals surface area contributed by atoms with Crippen molar-refractivity contribution in [2.75, 3.05) is 32.1 Å². The van der Waals surface area contributed by atoms with Crippen LogP contribution in [0.4, 0.5) is 5.82 Å². The first-order valence-corrected chi connectivity index (χ1v) is 6.63. The Morgan fingerprint density at radius 2 is 2.37 bits per heavy atom. The van der Waals surface area contributed by atoms with Crippen molar-refractivity contribution >= 4 is 11.7 Å². The SMILES string of the molecule is CCn1nc(NC(=O)[C@]2(C)CN(C)CCO2)cc1C. The molecular weight excluding hydrogens is 244 g/mol. The summed E-state index contributed by atoms with van der Waals surface area (Å²) in [5, 5.41) is 7.17. The summed E-state index contributed by atoms with van der Waals surface area (Å²) in [4.78, 5) is 14.4. The zero-order valence-corrected chi connectivity index (χ0v) is 12.1. The fraction of sp³-hybridized carbons (Fsp3) is 0.692. The van der Waals surface area contributed by atoms with Gasteiger partial charge in [0, 0.05) is 31.4 Å². The van der Waals surface area contributed by atoms with E-state index in [9.17, 15) is 4.79 Å². The normalized spacial score (nSPS) is 24.4. The van der Waals surface area contributed by atoms with Crippen LogP contribution in [0, 0.1) is 6.92 Å². The monoisotopic (exact) mass is 266 g/mol. The lowest BCUT2D eigenvalue weighted by atomic mass is 10.0. The zero-order chi connectivity index (χ0) is 14.0. The minimum atomic E-state index is -0.809. The fourth-order valence-electron chi connectivity index (χ4n) is 2.34. The van der Waals surface area contributed by atoms with Crippen LogP contribution in [0.5, 0.6) is 0 Å². The predicted molar refractivity (Wildman–Crippen MR) is 73.1 cm³/mol. The second-order valence-electron chi connectivity index (χ2n) is 5.26. The molecule has 1 aromatic heterocycles. The number of aromatic nitrogens is 2. The molecule has 0 bridgehead atoms. The van der Waals surface area contributed by atoms with Crippen molar-refractivity contribution in [3.8, 4) is 0 Å². The highest BCUT2D eigenvalue weighted by molar-refractivity contribution is 5.96. The minimum Gasteiger partial charge on any atom is -0.363 e. The van der Waals surface area contributed by atoms with Gasteiger partial charge in [0.2, 0.25) is 0 Å². The van der Waals surface area contributed by atoms with Gasteiger partial charge in [-0.15, -0.1) is 0 Å². The average molecular weight is 266 g/mol. The molecule has 1 aliphatic rings. The van der Waals surface area contributed by atoms with Crippen molar-refractivity contribution in [3.05, 3.63) is 11.8 Å². The molecule has 0 radical (unpaired) electrons. The van der Waals surface area contributed by atoms with Gasteiger partial charge in [0.25, 0.3) is 5.91 Å². The summed E-state index contributed by atoms with van der Waals surface area (Å²) in [6.07, 6.45) is 0. The Labute approximate surface area is 113 Å². The molecule has 1 amide bonds. The Balaban J connectivity index is 2.07. The Bertz CT molecular complexity index is 471. The largest absolute Gasteiger partial charge is 0.363 e. The maximum atomic E-state index is 12.3. The van der Waals surface area contributed by atoms with Gasteiger partial charge in [-0.3, -0.25) is 9.48 Å². The van der Waals surface area contributed by atoms with E-state index in [4.69, 9.17) is 4.74 Å². The highest BCUT2D eigenvalue weighted by Gasteiger charge is 2.38. The van der Waals surface area contributed by atoms with Crippen molar-refractivity contribution in [1.82, 2.24) is 14.7 Å². The van der Waals surface area contributed by atoms with E-state index in [1.165, 1.54) is 0 Å². The van der Waals surface area contributed by atoms with Crippen LogP contribution in [0.25, 0.3) is 0 Å². The molecule has 6 heteroatoms. The molecule has 0 aliphatic carbocycles. The molecule has 6 nitrogen and oxygen atoms in total. The summed E-state index contributed by atoms with van der Waals surface area (Å²) in [7, 11) is 1.99. The van der Waals surface area contributed by atoms with Crippen LogP contribution in [0.2, 0.25) is 0 Å². The van der Waals surface area contributed by atoms with E-state index >= 15 is 0 Å². The maximum Gasteiger partial charge on any atom is 0.258 e. The third kappa shape index (κ3) is 2.96. The smallest absolute Gasteiger partial charge is 0.258 e. The number of rotatable bonds is 3. The van der Waals surface area contributed by atoms with E-state index in [2.05, 4.69) is 15.3 Å². The number of anilines is 1. The topological polar surface area (TPSA) is 59.4 Å². The van der Waals surface area contributed by atoms with Gasteiger partial charge in [-0.05, 0) is 27.8 Å². The molecule has 2 heterocycles. The number of hydrogen-bond acceptors (Lipinski definition) is 4. The average Bonchev–Trinajstić information content (AvgIpc) is 2.69. The van der Waals surface area contributed by atoms with Gasteiger partial charge in [0.15, 0.2) is 11.4 Å². The van der Waals surface area contributed by atoms with Crippen molar-refractivity contribution in [3.63, 3.8) is 0 Å². The second-order valence-corrected chi connectivity index (χ2v) is 5.26. The Hall–Kier alpha value is -1.40. The fourth-order valence-corrected chi connectivity index (χ4v) is 2.34. The molecule has 0 spiro atoms. The van der Waals surface area contributed by atoms with E-state index in [-0.39, 0.29) is 5.91 Å². The Morgan fingerprint density at radius 3 is 2.95 bits per heavy atom. The van der Waals surface area contributed by atoms with Crippen LogP contribution in [0.1, 0.15) is 19.5 Å². The molecule has 1 aromatic rings. The summed E-state index contributed by atoms with van der Waals surface area (Å²) in [5.74, 6) is 0.446. The van der Waals surface area contributed by atoms with Gasteiger partial charge in [0.1, 0.15) is 0 Å². The number of amides is 1. The van der Waals surface area contributed by atoms with Crippen LogP contribution in [0.15, 0.2) is 6.07 Å². The van der Waals surface area contributed by atoms with E-state index < -0.39 is 5.60 Å². The lowest BCUT2D eigenvalue weighted by Gasteiger charge is -2.37. The molecule has 1 atom stereocenters. The molecule has 2 rings (SSSR count). The molecular formula is C13H22N4O2. The van der Waals surface area contributed by atoms with E-state index in [1.54, 1.807) is 0 Å². The van der Waals surface area contributed by atoms with Crippen molar-refractivity contribution in [2.45, 2.75) is 32.9 Å². The number of hydrogen-bond donors (Lipinski definition) is 1. The number of morpholine rings is 1. The van der Waals surface area contributed by atoms with Crippen molar-refractivity contribution in [2.24, 2.45) is 0 Å². The number of ether oxygens (including phenoxy) is 1. The van der Waals surface area contributed by atoms with Gasteiger partial charge >= 0.3 is 0 Å². The predicted octanol–water partition coefficient (Wildman–Crippen LogP) is 0.871. The van der Waals surface area contributed by atoms with Crippen LogP contribution in [-0.4, -0.2) is 52.9 Å². The van der Waals surface area contributed by atoms with Crippen LogP contribution >= 0.6 is 0 Å². The molecule has 1 N–H and O–H groups in total. The molecule has 19 heavy (non-hydrogen) atoms. The number of likely N-dealkylation sites (N-methyl/N-ethyl adjacent to an activating group) is 1. The number of nitrogens with one attached hydrogen (secondary N) is 1. The summed E-state index contributed by atoms with van der Waals surface area (Å²) >= 11 is 0. The lowest BCUT2D eigenvalue weighted by molar-refractivity contribution is -0.149. The van der Waals surface area contributed by atoms with Gasteiger partial charge in [0.05, 0.1) is 6.61 Å². The number of nitrogens with zero attached hydrogens (tertiary/aromatic N) is 3. The van der Waals surface area contributed by atoms with Gasteiger partial charge in [-0.25, -0.2) is 0 Å². The standard InChI is InChI=1S/C13H22N4O2/c1-5-17-10(2)8-11(15-17)14-12(18)13(3)9-16(4)6-7-19-13/h8H,5-7,9H2,1-4H3,(H,14,15,18)/t13-/m0/s1. The highest BCUT2D eigenvalue weighted by Crippen LogP contribution is 2.19. The quantitative estimate of drug-likeness (QED) is 0.882. The molecule has 106 valence electrons. The molecule has 1 aliphatic heterocycles. The lowest BCUT2D eigenvalue weighted by Crippen LogP contribution is -2.55. The first-order valence-electron chi connectivity index (χ1n) is 6.63. The summed E-state index contributed by atoms with van der Waals surface area (Å²) in [6.45, 7) is 8.62. The van der Waals surface area contributed by atoms with Gasteiger partial charge < -0.3 is 15.0 Å². The van der Waals surface area contributed by atoms with Gasteiger partial charge in [-0.1, -0.05) is 0 Å². The van der Waals surface area contributed by atoms with Crippen LogP contribution < -0.4 is 5.32 Å². The third-order valence-corrected chi connectivity index (χ3v) is 3.47. The van der Waals surface area contributed by atoms with E-state index in [0.717, 1.165) is 18.8 Å².